The number of hydrogen-bond donors (Lipinski definition) is 0. The molecule has 10 aromatic carbocycles. The Balaban J connectivity index is 1.10. The summed E-state index contributed by atoms with van der Waals surface area (Å²) in [5.41, 5.74) is 11.5. The molecule has 0 saturated heterocycles. The molecule has 0 N–H and O–H groups in total. The van der Waals surface area contributed by atoms with Crippen LogP contribution in [0.5, 0.6) is 0 Å². The lowest BCUT2D eigenvalue weighted by atomic mass is 9.85. The lowest BCUT2D eigenvalue weighted by Gasteiger charge is -2.18. The molecule has 0 radical (unpaired) electrons. The van der Waals surface area contributed by atoms with Gasteiger partial charge in [-0.2, -0.15) is 0 Å². The minimum absolute atomic E-state index is 0.914. The maximum atomic E-state index is 6.59. The standard InChI is InChI=1S/C52H32O/c1-3-18-39-33(13-1)15-12-25-40(39)36-16-11-17-38(31-36)50-44-22-7-5-20-42(44)49(43-21-6-8-23-45(43)50)35-29-27-34(28-30-35)47-32-37-14-2-4-19-41(37)51-46-24-9-10-26-48(46)53-52(47)51/h1-32H. The molecular weight excluding hydrogens is 641 g/mol. The molecule has 0 unspecified atom stereocenters. The molecule has 0 atom stereocenters. The van der Waals surface area contributed by atoms with Gasteiger partial charge in [-0.3, -0.25) is 0 Å². The molecule has 246 valence electrons. The highest BCUT2D eigenvalue weighted by Crippen LogP contribution is 2.46. The van der Waals surface area contributed by atoms with Crippen molar-refractivity contribution in [3.05, 3.63) is 194 Å². The summed E-state index contributed by atoms with van der Waals surface area (Å²) in [7, 11) is 0. The summed E-state index contributed by atoms with van der Waals surface area (Å²) in [6.07, 6.45) is 0. The van der Waals surface area contributed by atoms with Crippen LogP contribution in [-0.4, -0.2) is 0 Å². The van der Waals surface area contributed by atoms with E-state index < -0.39 is 0 Å². The molecule has 0 aliphatic heterocycles. The Morgan fingerprint density at radius 2 is 0.792 bits per heavy atom. The van der Waals surface area contributed by atoms with Crippen LogP contribution in [0.3, 0.4) is 0 Å². The van der Waals surface area contributed by atoms with E-state index in [1.165, 1.54) is 81.9 Å². The van der Waals surface area contributed by atoms with Crippen LogP contribution >= 0.6 is 0 Å². The van der Waals surface area contributed by atoms with Gasteiger partial charge in [-0.1, -0.05) is 176 Å². The van der Waals surface area contributed by atoms with Gasteiger partial charge in [-0.25, -0.2) is 0 Å². The average Bonchev–Trinajstić information content (AvgIpc) is 3.62. The summed E-state index contributed by atoms with van der Waals surface area (Å²) in [5.74, 6) is 0. The molecule has 53 heavy (non-hydrogen) atoms. The number of benzene rings is 10. The number of hydrogen-bond acceptors (Lipinski definition) is 1. The van der Waals surface area contributed by atoms with Crippen molar-refractivity contribution in [2.75, 3.05) is 0 Å². The van der Waals surface area contributed by atoms with E-state index in [0.717, 1.165) is 27.7 Å². The molecule has 0 spiro atoms. The summed E-state index contributed by atoms with van der Waals surface area (Å²) in [5, 5.41) is 12.3. The quantitative estimate of drug-likeness (QED) is 0.170. The highest BCUT2D eigenvalue weighted by molar-refractivity contribution is 6.23. The van der Waals surface area contributed by atoms with Crippen molar-refractivity contribution in [3.63, 3.8) is 0 Å². The van der Waals surface area contributed by atoms with Gasteiger partial charge in [0, 0.05) is 16.3 Å². The lowest BCUT2D eigenvalue weighted by Crippen LogP contribution is -1.91. The van der Waals surface area contributed by atoms with Crippen LogP contribution in [0.25, 0.3) is 110 Å². The van der Waals surface area contributed by atoms with Crippen molar-refractivity contribution in [3.8, 4) is 44.5 Å². The zero-order valence-electron chi connectivity index (χ0n) is 28.9. The Labute approximate surface area is 307 Å². The fourth-order valence-corrected chi connectivity index (χ4v) is 8.67. The Kier molecular flexibility index (Phi) is 6.62. The van der Waals surface area contributed by atoms with Crippen molar-refractivity contribution in [2.24, 2.45) is 0 Å². The summed E-state index contributed by atoms with van der Waals surface area (Å²) < 4.78 is 6.59. The Bertz CT molecular complexity index is 3150. The highest BCUT2D eigenvalue weighted by Gasteiger charge is 2.19. The van der Waals surface area contributed by atoms with Gasteiger partial charge in [-0.15, -0.1) is 0 Å². The molecular formula is C52H32O. The SMILES string of the molecule is c1cc(-c2cccc3ccccc23)cc(-c2c3ccccc3c(-c3ccc(-c4cc5ccccc5c5c4oc4ccccc45)cc3)c3ccccc23)c1. The van der Waals surface area contributed by atoms with Gasteiger partial charge in [0.05, 0.1) is 0 Å². The molecule has 1 aromatic heterocycles. The van der Waals surface area contributed by atoms with E-state index in [1.54, 1.807) is 0 Å². The van der Waals surface area contributed by atoms with E-state index in [0.29, 0.717) is 0 Å². The molecule has 11 rings (SSSR count). The van der Waals surface area contributed by atoms with Crippen molar-refractivity contribution in [2.45, 2.75) is 0 Å². The van der Waals surface area contributed by atoms with Gasteiger partial charge >= 0.3 is 0 Å². The van der Waals surface area contributed by atoms with Gasteiger partial charge < -0.3 is 4.42 Å². The van der Waals surface area contributed by atoms with Gasteiger partial charge in [0.25, 0.3) is 0 Å². The van der Waals surface area contributed by atoms with E-state index in [2.05, 4.69) is 188 Å². The first-order valence-electron chi connectivity index (χ1n) is 18.3. The van der Waals surface area contributed by atoms with Crippen LogP contribution in [0.15, 0.2) is 199 Å². The number of furan rings is 1. The van der Waals surface area contributed by atoms with Gasteiger partial charge in [0.2, 0.25) is 0 Å². The van der Waals surface area contributed by atoms with Gasteiger partial charge in [-0.05, 0) is 100 Å². The molecule has 0 bridgehead atoms. The van der Waals surface area contributed by atoms with Crippen LogP contribution in [-0.2, 0) is 0 Å². The summed E-state index contributed by atoms with van der Waals surface area (Å²) >= 11 is 0. The Morgan fingerprint density at radius 3 is 1.51 bits per heavy atom. The van der Waals surface area contributed by atoms with Crippen LogP contribution in [0, 0.1) is 0 Å². The topological polar surface area (TPSA) is 13.1 Å². The first-order chi connectivity index (χ1) is 26.3. The first-order valence-corrected chi connectivity index (χ1v) is 18.3. The Hall–Kier alpha value is -6.96. The predicted molar refractivity (Wildman–Crippen MR) is 225 cm³/mol. The molecule has 0 fully saturated rings. The normalized spacial score (nSPS) is 11.8. The zero-order valence-corrected chi connectivity index (χ0v) is 28.9. The van der Waals surface area contributed by atoms with E-state index in [-0.39, 0.29) is 0 Å². The number of para-hydroxylation sites is 1. The fraction of sp³-hybridized carbons (Fsp3) is 0. The van der Waals surface area contributed by atoms with E-state index in [1.807, 2.05) is 6.07 Å². The van der Waals surface area contributed by atoms with Crippen molar-refractivity contribution < 1.29 is 4.42 Å². The second kappa shape index (κ2) is 11.8. The predicted octanol–water partition coefficient (Wildman–Crippen LogP) is 14.9. The van der Waals surface area contributed by atoms with E-state index in [4.69, 9.17) is 4.42 Å². The van der Waals surface area contributed by atoms with Crippen LogP contribution < -0.4 is 0 Å². The smallest absolute Gasteiger partial charge is 0.143 e. The van der Waals surface area contributed by atoms with Crippen molar-refractivity contribution in [1.29, 1.82) is 0 Å². The second-order valence-corrected chi connectivity index (χ2v) is 14.0. The third kappa shape index (κ3) is 4.64. The third-order valence-electron chi connectivity index (χ3n) is 11.0. The second-order valence-electron chi connectivity index (χ2n) is 14.0. The van der Waals surface area contributed by atoms with E-state index >= 15 is 0 Å². The highest BCUT2D eigenvalue weighted by atomic mass is 16.3. The maximum Gasteiger partial charge on any atom is 0.143 e. The molecule has 0 aliphatic carbocycles. The molecule has 1 heterocycles. The van der Waals surface area contributed by atoms with Crippen LogP contribution in [0.4, 0.5) is 0 Å². The van der Waals surface area contributed by atoms with Gasteiger partial charge in [0.1, 0.15) is 11.2 Å². The zero-order chi connectivity index (χ0) is 34.9. The first kappa shape index (κ1) is 29.7. The third-order valence-corrected chi connectivity index (χ3v) is 11.0. The Morgan fingerprint density at radius 1 is 0.283 bits per heavy atom. The maximum absolute atomic E-state index is 6.59. The number of rotatable bonds is 4. The number of fused-ring (bicyclic) bond motifs is 8. The molecule has 0 aliphatic rings. The average molecular weight is 673 g/mol. The van der Waals surface area contributed by atoms with Crippen molar-refractivity contribution >= 4 is 65.0 Å². The largest absolute Gasteiger partial charge is 0.455 e. The summed E-state index contributed by atoms with van der Waals surface area (Å²) in [6.45, 7) is 0. The van der Waals surface area contributed by atoms with Crippen LogP contribution in [0.1, 0.15) is 0 Å². The van der Waals surface area contributed by atoms with Crippen molar-refractivity contribution in [1.82, 2.24) is 0 Å². The fourth-order valence-electron chi connectivity index (χ4n) is 8.67. The van der Waals surface area contributed by atoms with Crippen LogP contribution in [0.2, 0.25) is 0 Å². The minimum atomic E-state index is 0.914. The lowest BCUT2D eigenvalue weighted by molar-refractivity contribution is 0.670. The molecule has 11 aromatic rings. The molecule has 1 heteroatoms. The molecule has 1 nitrogen and oxygen atoms in total. The summed E-state index contributed by atoms with van der Waals surface area (Å²) in [6, 6.07) is 70.5. The summed E-state index contributed by atoms with van der Waals surface area (Å²) in [4.78, 5) is 0. The monoisotopic (exact) mass is 672 g/mol. The van der Waals surface area contributed by atoms with E-state index in [9.17, 15) is 0 Å². The molecule has 0 saturated carbocycles. The van der Waals surface area contributed by atoms with Gasteiger partial charge in [0.15, 0.2) is 0 Å². The molecule has 0 amide bonds. The minimum Gasteiger partial charge on any atom is -0.455 e.